The van der Waals surface area contributed by atoms with E-state index >= 15 is 4.39 Å². The average Bonchev–Trinajstić information content (AvgIpc) is 3.58. The number of alkyl halides is 1. The standard InChI is InChI=1S/C33H35F2N5O/c1-20-5-2-6-21-7-3-8-25(28(20)21)26-11-12-27-30(29(26)35)37-32(38-31(27)40-23-9-10-24(40)17-36-16-23)41-19-33-13-4-14-39(33)18-22(34)15-33/h2-3,5-8,11-12,22-24,36H,4,9-10,13-19H2,1H3/t22-,23?,24?,33+/m1/s1. The van der Waals surface area contributed by atoms with Crippen LogP contribution in [-0.4, -0.2) is 71.4 Å². The van der Waals surface area contributed by atoms with Crippen molar-refractivity contribution in [2.45, 2.75) is 62.8 Å². The largest absolute Gasteiger partial charge is 0.461 e. The number of anilines is 1. The maximum Gasteiger partial charge on any atom is 0.319 e. The third kappa shape index (κ3) is 4.02. The molecule has 4 aromatic rings. The SMILES string of the molecule is Cc1cccc2cccc(-c3ccc4c(N5C6CCC5CNC6)nc(OC[C@@]56CCCN5C[C@H](F)C6)nc4c3F)c12. The number of rotatable bonds is 5. The Hall–Kier alpha value is -3.36. The number of aromatic nitrogens is 2. The van der Waals surface area contributed by atoms with Crippen LogP contribution in [0.3, 0.4) is 0 Å². The van der Waals surface area contributed by atoms with Gasteiger partial charge in [0.05, 0.1) is 5.54 Å². The fourth-order valence-corrected chi connectivity index (χ4v) is 8.12. The van der Waals surface area contributed by atoms with Crippen LogP contribution in [0.15, 0.2) is 48.5 Å². The number of ether oxygens (including phenoxy) is 1. The number of hydrogen-bond acceptors (Lipinski definition) is 6. The lowest BCUT2D eigenvalue weighted by molar-refractivity contribution is 0.107. The quantitative estimate of drug-likeness (QED) is 0.336. The van der Waals surface area contributed by atoms with Crippen molar-refractivity contribution in [2.24, 2.45) is 0 Å². The average molecular weight is 556 g/mol. The zero-order valence-corrected chi connectivity index (χ0v) is 23.4. The Bertz CT molecular complexity index is 1640. The van der Waals surface area contributed by atoms with Crippen molar-refractivity contribution in [1.82, 2.24) is 20.2 Å². The van der Waals surface area contributed by atoms with Gasteiger partial charge in [-0.15, -0.1) is 0 Å². The molecule has 6 nitrogen and oxygen atoms in total. The molecule has 4 saturated heterocycles. The lowest BCUT2D eigenvalue weighted by Crippen LogP contribution is -2.52. The van der Waals surface area contributed by atoms with Gasteiger partial charge in [-0.25, -0.2) is 8.78 Å². The molecule has 0 radical (unpaired) electrons. The van der Waals surface area contributed by atoms with E-state index in [1.54, 1.807) is 0 Å². The van der Waals surface area contributed by atoms with Crippen LogP contribution in [0.4, 0.5) is 14.6 Å². The monoisotopic (exact) mass is 555 g/mol. The molecule has 4 aliphatic rings. The van der Waals surface area contributed by atoms with Crippen LogP contribution in [0.2, 0.25) is 0 Å². The van der Waals surface area contributed by atoms with Crippen molar-refractivity contribution in [1.29, 1.82) is 0 Å². The molecular weight excluding hydrogens is 520 g/mol. The highest BCUT2D eigenvalue weighted by Crippen LogP contribution is 2.42. The molecule has 2 unspecified atom stereocenters. The summed E-state index contributed by atoms with van der Waals surface area (Å²) in [6.45, 7) is 5.48. The van der Waals surface area contributed by atoms with Gasteiger partial charge in [0, 0.05) is 49.1 Å². The highest BCUT2D eigenvalue weighted by atomic mass is 19.1. The molecule has 2 bridgehead atoms. The topological polar surface area (TPSA) is 53.5 Å². The molecule has 3 aromatic carbocycles. The highest BCUT2D eigenvalue weighted by Gasteiger charge is 2.49. The second-order valence-electron chi connectivity index (χ2n) is 12.4. The van der Waals surface area contributed by atoms with E-state index in [9.17, 15) is 4.39 Å². The fraction of sp³-hybridized carbons (Fsp3) is 0.455. The third-order valence-corrected chi connectivity index (χ3v) is 10.0. The maximum absolute atomic E-state index is 16.7. The van der Waals surface area contributed by atoms with E-state index in [1.165, 1.54) is 0 Å². The molecule has 212 valence electrons. The Kier molecular flexibility index (Phi) is 5.94. The summed E-state index contributed by atoms with van der Waals surface area (Å²) in [5.74, 6) is 0.383. The lowest BCUT2D eigenvalue weighted by Gasteiger charge is -2.37. The molecule has 41 heavy (non-hydrogen) atoms. The Morgan fingerprint density at radius 1 is 1.02 bits per heavy atom. The Balaban J connectivity index is 1.27. The molecule has 0 spiro atoms. The summed E-state index contributed by atoms with van der Waals surface area (Å²) < 4.78 is 37.5. The van der Waals surface area contributed by atoms with Crippen molar-refractivity contribution in [3.05, 3.63) is 59.9 Å². The molecule has 8 rings (SSSR count). The van der Waals surface area contributed by atoms with Crippen molar-refractivity contribution in [2.75, 3.05) is 37.7 Å². The minimum absolute atomic E-state index is 0.180. The van der Waals surface area contributed by atoms with Gasteiger partial charge in [-0.2, -0.15) is 9.97 Å². The Morgan fingerprint density at radius 2 is 1.83 bits per heavy atom. The molecule has 5 heterocycles. The van der Waals surface area contributed by atoms with E-state index in [-0.39, 0.29) is 22.9 Å². The molecule has 4 fully saturated rings. The van der Waals surface area contributed by atoms with Gasteiger partial charge in [-0.05, 0) is 67.1 Å². The first-order chi connectivity index (χ1) is 20.0. The molecular formula is C33H35F2N5O. The second-order valence-corrected chi connectivity index (χ2v) is 12.4. The van der Waals surface area contributed by atoms with E-state index in [4.69, 9.17) is 14.7 Å². The maximum atomic E-state index is 16.7. The third-order valence-electron chi connectivity index (χ3n) is 10.0. The van der Waals surface area contributed by atoms with Gasteiger partial charge in [0.25, 0.3) is 0 Å². The van der Waals surface area contributed by atoms with E-state index in [0.717, 1.165) is 73.0 Å². The first-order valence-electron chi connectivity index (χ1n) is 15.0. The Labute approximate surface area is 238 Å². The number of piperazine rings is 1. The number of halogens is 2. The minimum Gasteiger partial charge on any atom is -0.461 e. The highest BCUT2D eigenvalue weighted by molar-refractivity contribution is 6.02. The second kappa shape index (κ2) is 9.60. The summed E-state index contributed by atoms with van der Waals surface area (Å²) in [6, 6.07) is 16.8. The molecule has 0 saturated carbocycles. The first kappa shape index (κ1) is 25.4. The summed E-state index contributed by atoms with van der Waals surface area (Å²) in [4.78, 5) is 14.2. The minimum atomic E-state index is -0.840. The van der Waals surface area contributed by atoms with Crippen LogP contribution in [0.1, 0.15) is 37.7 Å². The summed E-state index contributed by atoms with van der Waals surface area (Å²) >= 11 is 0. The zero-order valence-electron chi connectivity index (χ0n) is 23.4. The van der Waals surface area contributed by atoms with Gasteiger partial charge in [-0.3, -0.25) is 4.90 Å². The van der Waals surface area contributed by atoms with Crippen molar-refractivity contribution < 1.29 is 13.5 Å². The zero-order chi connectivity index (χ0) is 27.7. The van der Waals surface area contributed by atoms with Gasteiger partial charge in [0.15, 0.2) is 5.82 Å². The van der Waals surface area contributed by atoms with Gasteiger partial charge in [-0.1, -0.05) is 42.5 Å². The number of aryl methyl sites for hydroxylation is 1. The predicted molar refractivity (Wildman–Crippen MR) is 158 cm³/mol. The van der Waals surface area contributed by atoms with Crippen LogP contribution in [0, 0.1) is 12.7 Å². The van der Waals surface area contributed by atoms with Crippen LogP contribution >= 0.6 is 0 Å². The number of nitrogens with zero attached hydrogens (tertiary/aromatic N) is 4. The summed E-state index contributed by atoms with van der Waals surface area (Å²) in [6.07, 6.45) is 3.71. The van der Waals surface area contributed by atoms with E-state index in [0.29, 0.717) is 42.6 Å². The molecule has 4 atom stereocenters. The molecule has 1 N–H and O–H groups in total. The number of nitrogens with one attached hydrogen (secondary N) is 1. The predicted octanol–water partition coefficient (Wildman–Crippen LogP) is 5.79. The lowest BCUT2D eigenvalue weighted by atomic mass is 9.94. The summed E-state index contributed by atoms with van der Waals surface area (Å²) in [5, 5.41) is 6.36. The summed E-state index contributed by atoms with van der Waals surface area (Å²) in [7, 11) is 0. The van der Waals surface area contributed by atoms with E-state index < -0.39 is 6.17 Å². The summed E-state index contributed by atoms with van der Waals surface area (Å²) in [5.41, 5.74) is 2.43. The van der Waals surface area contributed by atoms with E-state index in [1.807, 2.05) is 30.3 Å². The van der Waals surface area contributed by atoms with Gasteiger partial charge < -0.3 is 15.0 Å². The molecule has 0 aliphatic carbocycles. The van der Waals surface area contributed by atoms with Gasteiger partial charge in [0.1, 0.15) is 24.1 Å². The van der Waals surface area contributed by atoms with Crippen molar-refractivity contribution in [3.63, 3.8) is 0 Å². The molecule has 1 aromatic heterocycles. The van der Waals surface area contributed by atoms with Crippen LogP contribution in [0.25, 0.3) is 32.8 Å². The normalized spacial score (nSPS) is 27.7. The Morgan fingerprint density at radius 3 is 2.66 bits per heavy atom. The number of benzene rings is 3. The molecule has 0 amide bonds. The van der Waals surface area contributed by atoms with Gasteiger partial charge >= 0.3 is 6.01 Å². The smallest absolute Gasteiger partial charge is 0.319 e. The van der Waals surface area contributed by atoms with Crippen LogP contribution < -0.4 is 15.0 Å². The molecule has 8 heteroatoms. The first-order valence-corrected chi connectivity index (χ1v) is 15.0. The van der Waals surface area contributed by atoms with E-state index in [2.05, 4.69) is 40.2 Å². The fourth-order valence-electron chi connectivity index (χ4n) is 8.12. The van der Waals surface area contributed by atoms with Gasteiger partial charge in [0.2, 0.25) is 0 Å². The van der Waals surface area contributed by atoms with Crippen LogP contribution in [0.5, 0.6) is 6.01 Å². The van der Waals surface area contributed by atoms with Crippen LogP contribution in [-0.2, 0) is 0 Å². The molecule has 4 aliphatic heterocycles. The van der Waals surface area contributed by atoms with Crippen molar-refractivity contribution in [3.8, 4) is 17.1 Å². The number of fused-ring (bicyclic) bond motifs is 5. The van der Waals surface area contributed by atoms with Crippen molar-refractivity contribution >= 4 is 27.5 Å². The number of hydrogen-bond donors (Lipinski definition) is 1.